The van der Waals surface area contributed by atoms with Gasteiger partial charge < -0.3 is 0 Å². The van der Waals surface area contributed by atoms with E-state index in [1.165, 1.54) is 21.9 Å². The van der Waals surface area contributed by atoms with E-state index in [-0.39, 0.29) is 0 Å². The first-order valence-electron chi connectivity index (χ1n) is 10.8. The summed E-state index contributed by atoms with van der Waals surface area (Å²) in [5, 5.41) is 4.69. The Morgan fingerprint density at radius 2 is 0.844 bits per heavy atom. The van der Waals surface area contributed by atoms with Crippen molar-refractivity contribution in [2.45, 2.75) is 13.8 Å². The second-order valence-electron chi connectivity index (χ2n) is 7.98. The van der Waals surface area contributed by atoms with Crippen LogP contribution in [0.1, 0.15) is 33.4 Å². The Bertz CT molecular complexity index is 1500. The summed E-state index contributed by atoms with van der Waals surface area (Å²) < 4.78 is 0. The summed E-state index contributed by atoms with van der Waals surface area (Å²) in [6.07, 6.45) is 0. The Morgan fingerprint density at radius 1 is 0.406 bits per heavy atom. The molecule has 32 heavy (non-hydrogen) atoms. The predicted octanol–water partition coefficient (Wildman–Crippen LogP) is 7.41. The minimum atomic E-state index is 1.02. The fraction of sp³-hybridized carbons (Fsp3) is 0.0625. The summed E-state index contributed by atoms with van der Waals surface area (Å²) in [5.41, 5.74) is 6.61. The molecule has 0 aliphatic heterocycles. The van der Waals surface area contributed by atoms with Gasteiger partial charge in [-0.1, -0.05) is 96.5 Å². The van der Waals surface area contributed by atoms with Crippen molar-refractivity contribution in [1.82, 2.24) is 0 Å². The maximum Gasteiger partial charge on any atom is 0.0412 e. The molecular weight excluding hydrogens is 384 g/mol. The minimum Gasteiger partial charge on any atom is -0.0622 e. The van der Waals surface area contributed by atoms with Gasteiger partial charge in [-0.25, -0.2) is 0 Å². The van der Waals surface area contributed by atoms with Gasteiger partial charge in [-0.3, -0.25) is 0 Å². The lowest BCUT2D eigenvalue weighted by molar-refractivity contribution is 1.50. The van der Waals surface area contributed by atoms with Gasteiger partial charge >= 0.3 is 0 Å². The minimum absolute atomic E-state index is 1.02. The van der Waals surface area contributed by atoms with E-state index < -0.39 is 0 Å². The van der Waals surface area contributed by atoms with Crippen LogP contribution in [0.5, 0.6) is 0 Å². The quantitative estimate of drug-likeness (QED) is 0.185. The molecule has 0 saturated carbocycles. The first-order chi connectivity index (χ1) is 15.7. The van der Waals surface area contributed by atoms with E-state index in [0.717, 1.165) is 33.0 Å². The molecular formula is C32H22. The monoisotopic (exact) mass is 406 g/mol. The molecule has 0 aliphatic rings. The van der Waals surface area contributed by atoms with E-state index >= 15 is 0 Å². The molecule has 0 saturated heterocycles. The van der Waals surface area contributed by atoms with Crippen molar-refractivity contribution in [3.63, 3.8) is 0 Å². The van der Waals surface area contributed by atoms with Crippen LogP contribution in [-0.2, 0) is 0 Å². The zero-order valence-electron chi connectivity index (χ0n) is 18.2. The normalized spacial score (nSPS) is 10.3. The second-order valence-corrected chi connectivity index (χ2v) is 7.98. The summed E-state index contributed by atoms with van der Waals surface area (Å²) in [5.74, 6) is 13.8. The van der Waals surface area contributed by atoms with Gasteiger partial charge in [0, 0.05) is 33.0 Å². The lowest BCUT2D eigenvalue weighted by atomic mass is 9.88. The van der Waals surface area contributed by atoms with Crippen LogP contribution in [0.15, 0.2) is 97.1 Å². The molecule has 0 nitrogen and oxygen atoms in total. The highest BCUT2D eigenvalue weighted by molar-refractivity contribution is 6.11. The Balaban J connectivity index is 1.88. The molecule has 0 bridgehead atoms. The van der Waals surface area contributed by atoms with Crippen LogP contribution in [-0.4, -0.2) is 0 Å². The summed E-state index contributed by atoms with van der Waals surface area (Å²) in [6, 6.07) is 33.2. The van der Waals surface area contributed by atoms with Crippen LogP contribution < -0.4 is 0 Å². The van der Waals surface area contributed by atoms with Gasteiger partial charge in [0.2, 0.25) is 0 Å². The highest BCUT2D eigenvalue weighted by Gasteiger charge is 2.15. The molecule has 0 N–H and O–H groups in total. The number of benzene rings is 5. The Labute approximate surface area is 189 Å². The number of hydrogen-bond acceptors (Lipinski definition) is 0. The number of fused-ring (bicyclic) bond motifs is 2. The van der Waals surface area contributed by atoms with Gasteiger partial charge in [0.15, 0.2) is 0 Å². The Kier molecular flexibility index (Phi) is 5.21. The average molecular weight is 407 g/mol. The van der Waals surface area contributed by atoms with Crippen molar-refractivity contribution in [3.8, 4) is 23.7 Å². The van der Waals surface area contributed by atoms with Crippen molar-refractivity contribution in [1.29, 1.82) is 0 Å². The Hall–Kier alpha value is -4.26. The second kappa shape index (κ2) is 8.47. The first kappa shape index (κ1) is 19.7. The number of rotatable bonds is 0. The Morgan fingerprint density at radius 3 is 1.31 bits per heavy atom. The van der Waals surface area contributed by atoms with E-state index in [1.807, 2.05) is 48.5 Å². The van der Waals surface area contributed by atoms with Gasteiger partial charge in [0.25, 0.3) is 0 Å². The van der Waals surface area contributed by atoms with Crippen molar-refractivity contribution < 1.29 is 0 Å². The van der Waals surface area contributed by atoms with Crippen LogP contribution >= 0.6 is 0 Å². The lowest BCUT2D eigenvalue weighted by Gasteiger charge is -2.14. The topological polar surface area (TPSA) is 0 Å². The maximum absolute atomic E-state index is 3.53. The van der Waals surface area contributed by atoms with Crippen molar-refractivity contribution in [3.05, 3.63) is 130 Å². The zero-order chi connectivity index (χ0) is 21.9. The molecule has 5 aromatic carbocycles. The lowest BCUT2D eigenvalue weighted by Crippen LogP contribution is -1.94. The van der Waals surface area contributed by atoms with Crippen LogP contribution in [0.4, 0.5) is 0 Å². The van der Waals surface area contributed by atoms with Crippen LogP contribution in [0.3, 0.4) is 0 Å². The third-order valence-corrected chi connectivity index (χ3v) is 5.80. The largest absolute Gasteiger partial charge is 0.0622 e. The highest BCUT2D eigenvalue weighted by atomic mass is 14.2. The summed E-state index contributed by atoms with van der Waals surface area (Å²) in [6.45, 7) is 4.32. The SMILES string of the molecule is Cc1cccc2c(C#Cc3ccccc3)c3cccc(C)c3c(C#Cc3ccccc3)c12. The third kappa shape index (κ3) is 3.65. The van der Waals surface area contributed by atoms with Gasteiger partial charge in [0.05, 0.1) is 0 Å². The summed E-state index contributed by atoms with van der Waals surface area (Å²) in [7, 11) is 0. The van der Waals surface area contributed by atoms with Crippen LogP contribution in [0.25, 0.3) is 21.5 Å². The molecule has 150 valence electrons. The van der Waals surface area contributed by atoms with Crippen LogP contribution in [0, 0.1) is 37.5 Å². The molecule has 0 radical (unpaired) electrons. The van der Waals surface area contributed by atoms with E-state index in [9.17, 15) is 0 Å². The molecule has 5 rings (SSSR count). The molecule has 0 aromatic heterocycles. The molecule has 0 atom stereocenters. The number of aryl methyl sites for hydroxylation is 2. The van der Waals surface area contributed by atoms with Crippen LogP contribution in [0.2, 0.25) is 0 Å². The zero-order valence-corrected chi connectivity index (χ0v) is 18.2. The first-order valence-corrected chi connectivity index (χ1v) is 10.8. The predicted molar refractivity (Wildman–Crippen MR) is 136 cm³/mol. The number of hydrogen-bond donors (Lipinski definition) is 0. The smallest absolute Gasteiger partial charge is 0.0412 e. The third-order valence-electron chi connectivity index (χ3n) is 5.80. The molecule has 0 heterocycles. The van der Waals surface area contributed by atoms with Crippen molar-refractivity contribution in [2.75, 3.05) is 0 Å². The van der Waals surface area contributed by atoms with Crippen molar-refractivity contribution in [2.24, 2.45) is 0 Å². The summed E-state index contributed by atoms with van der Waals surface area (Å²) >= 11 is 0. The fourth-order valence-electron chi connectivity index (χ4n) is 4.26. The molecule has 0 unspecified atom stereocenters. The standard InChI is InChI=1S/C32H22/c1-23-11-9-17-28-27(21-19-25-13-5-3-6-14-25)29-18-10-12-24(2)32(29)30(31(23)28)22-20-26-15-7-4-8-16-26/h3-18H,1-2H3. The van der Waals surface area contributed by atoms with Gasteiger partial charge in [-0.15, -0.1) is 0 Å². The highest BCUT2D eigenvalue weighted by Crippen LogP contribution is 2.35. The van der Waals surface area contributed by atoms with Crippen molar-refractivity contribution >= 4 is 21.5 Å². The fourth-order valence-corrected chi connectivity index (χ4v) is 4.26. The molecule has 0 fully saturated rings. The van der Waals surface area contributed by atoms with Gasteiger partial charge in [-0.2, -0.15) is 0 Å². The van der Waals surface area contributed by atoms with E-state index in [2.05, 4.69) is 86.1 Å². The molecule has 0 aliphatic carbocycles. The van der Waals surface area contributed by atoms with E-state index in [1.54, 1.807) is 0 Å². The molecule has 5 aromatic rings. The summed E-state index contributed by atoms with van der Waals surface area (Å²) in [4.78, 5) is 0. The van der Waals surface area contributed by atoms with Gasteiger partial charge in [0.1, 0.15) is 0 Å². The maximum atomic E-state index is 3.53. The van der Waals surface area contributed by atoms with E-state index in [4.69, 9.17) is 0 Å². The molecule has 0 amide bonds. The van der Waals surface area contributed by atoms with E-state index in [0.29, 0.717) is 0 Å². The van der Waals surface area contributed by atoms with Gasteiger partial charge in [-0.05, 0) is 60.0 Å². The molecule has 0 spiro atoms. The molecule has 0 heteroatoms. The average Bonchev–Trinajstić information content (AvgIpc) is 2.83.